The first-order chi connectivity index (χ1) is 10.8. The van der Waals surface area contributed by atoms with Crippen molar-refractivity contribution in [2.45, 2.75) is 20.3 Å². The van der Waals surface area contributed by atoms with Crippen LogP contribution in [0.15, 0.2) is 29.4 Å². The standard InChI is InChI=1S/C17H26N4O/c1-4-22-11-10-20-17(18-3)19-9-8-14-12-21-15-7-5-6-13(2)16(14)15/h5-7,12,21H,4,8-11H2,1-3H3,(H2,18,19,20). The number of aromatic amines is 1. The summed E-state index contributed by atoms with van der Waals surface area (Å²) in [6, 6.07) is 6.36. The molecule has 0 atom stereocenters. The lowest BCUT2D eigenvalue weighted by molar-refractivity contribution is 0.152. The van der Waals surface area contributed by atoms with Crippen LogP contribution in [0.5, 0.6) is 0 Å². The number of benzene rings is 1. The summed E-state index contributed by atoms with van der Waals surface area (Å²) < 4.78 is 5.30. The minimum atomic E-state index is 0.693. The number of ether oxygens (including phenoxy) is 1. The summed E-state index contributed by atoms with van der Waals surface area (Å²) in [6.45, 7) is 7.19. The molecule has 1 aromatic heterocycles. The van der Waals surface area contributed by atoms with Gasteiger partial charge in [-0.1, -0.05) is 12.1 Å². The summed E-state index contributed by atoms with van der Waals surface area (Å²) >= 11 is 0. The van der Waals surface area contributed by atoms with Gasteiger partial charge in [0.15, 0.2) is 5.96 Å². The Labute approximate surface area is 132 Å². The smallest absolute Gasteiger partial charge is 0.191 e. The number of hydrogen-bond acceptors (Lipinski definition) is 2. The van der Waals surface area contributed by atoms with E-state index in [0.717, 1.165) is 32.1 Å². The Balaban J connectivity index is 1.84. The van der Waals surface area contributed by atoms with E-state index in [-0.39, 0.29) is 0 Å². The van der Waals surface area contributed by atoms with Gasteiger partial charge in [-0.05, 0) is 37.5 Å². The van der Waals surface area contributed by atoms with Crippen molar-refractivity contribution < 1.29 is 4.74 Å². The fourth-order valence-electron chi connectivity index (χ4n) is 2.57. The summed E-state index contributed by atoms with van der Waals surface area (Å²) in [7, 11) is 1.78. The second-order valence-electron chi connectivity index (χ2n) is 5.18. The molecule has 2 aromatic rings. The average molecular weight is 302 g/mol. The highest BCUT2D eigenvalue weighted by Crippen LogP contribution is 2.22. The largest absolute Gasteiger partial charge is 0.380 e. The molecule has 3 N–H and O–H groups in total. The van der Waals surface area contributed by atoms with Gasteiger partial charge in [-0.3, -0.25) is 4.99 Å². The summed E-state index contributed by atoms with van der Waals surface area (Å²) in [5.74, 6) is 0.816. The highest BCUT2D eigenvalue weighted by atomic mass is 16.5. The van der Waals surface area contributed by atoms with Gasteiger partial charge in [0.25, 0.3) is 0 Å². The van der Waals surface area contributed by atoms with E-state index in [1.54, 1.807) is 7.05 Å². The Morgan fingerprint density at radius 2 is 2.09 bits per heavy atom. The summed E-state index contributed by atoms with van der Waals surface area (Å²) in [4.78, 5) is 7.55. The molecule has 0 spiro atoms. The van der Waals surface area contributed by atoms with Crippen LogP contribution in [0.3, 0.4) is 0 Å². The van der Waals surface area contributed by atoms with Gasteiger partial charge in [0, 0.05) is 43.8 Å². The normalized spacial score (nSPS) is 11.9. The zero-order valence-electron chi connectivity index (χ0n) is 13.7. The number of guanidine groups is 1. The molecule has 5 nitrogen and oxygen atoms in total. The van der Waals surface area contributed by atoms with Crippen LogP contribution in [0, 0.1) is 6.92 Å². The fraction of sp³-hybridized carbons (Fsp3) is 0.471. The number of nitrogens with zero attached hydrogens (tertiary/aromatic N) is 1. The van der Waals surface area contributed by atoms with Gasteiger partial charge in [0.2, 0.25) is 0 Å². The third-order valence-corrected chi connectivity index (χ3v) is 3.65. The molecule has 0 aliphatic heterocycles. The Morgan fingerprint density at radius 3 is 2.86 bits per heavy atom. The van der Waals surface area contributed by atoms with E-state index in [2.05, 4.69) is 51.9 Å². The number of H-pyrrole nitrogens is 1. The van der Waals surface area contributed by atoms with Gasteiger partial charge in [0.05, 0.1) is 6.61 Å². The lowest BCUT2D eigenvalue weighted by Crippen LogP contribution is -2.39. The number of aromatic nitrogens is 1. The van der Waals surface area contributed by atoms with Crippen molar-refractivity contribution in [3.63, 3.8) is 0 Å². The van der Waals surface area contributed by atoms with Gasteiger partial charge in [-0.15, -0.1) is 0 Å². The highest BCUT2D eigenvalue weighted by molar-refractivity contribution is 5.86. The molecule has 0 bridgehead atoms. The lowest BCUT2D eigenvalue weighted by Gasteiger charge is -2.11. The first-order valence-corrected chi connectivity index (χ1v) is 7.84. The maximum atomic E-state index is 5.30. The van der Waals surface area contributed by atoms with Gasteiger partial charge < -0.3 is 20.4 Å². The van der Waals surface area contributed by atoms with Gasteiger partial charge in [-0.2, -0.15) is 0 Å². The van der Waals surface area contributed by atoms with Crippen molar-refractivity contribution >= 4 is 16.9 Å². The predicted molar refractivity (Wildman–Crippen MR) is 92.6 cm³/mol. The molecule has 1 heterocycles. The van der Waals surface area contributed by atoms with Crippen LogP contribution in [-0.4, -0.2) is 44.3 Å². The third-order valence-electron chi connectivity index (χ3n) is 3.65. The zero-order chi connectivity index (χ0) is 15.8. The molecule has 0 fully saturated rings. The quantitative estimate of drug-likeness (QED) is 0.417. The van der Waals surface area contributed by atoms with E-state index in [0.29, 0.717) is 6.61 Å². The Morgan fingerprint density at radius 1 is 1.27 bits per heavy atom. The summed E-state index contributed by atoms with van der Waals surface area (Å²) in [6.07, 6.45) is 3.06. The number of aliphatic imine (C=N–C) groups is 1. The molecule has 5 heteroatoms. The van der Waals surface area contributed by atoms with Crippen LogP contribution in [0.25, 0.3) is 10.9 Å². The maximum absolute atomic E-state index is 5.30. The summed E-state index contributed by atoms with van der Waals surface area (Å²) in [5.41, 5.74) is 3.85. The molecule has 0 saturated carbocycles. The topological polar surface area (TPSA) is 61.4 Å². The number of rotatable bonds is 7. The van der Waals surface area contributed by atoms with Gasteiger partial charge in [-0.25, -0.2) is 0 Å². The Kier molecular flexibility index (Phi) is 6.27. The molecular formula is C17H26N4O. The van der Waals surface area contributed by atoms with Crippen LogP contribution < -0.4 is 10.6 Å². The number of nitrogens with one attached hydrogen (secondary N) is 3. The first kappa shape index (κ1) is 16.4. The summed E-state index contributed by atoms with van der Waals surface area (Å²) in [5, 5.41) is 7.91. The van der Waals surface area contributed by atoms with Crippen LogP contribution in [0.4, 0.5) is 0 Å². The minimum absolute atomic E-state index is 0.693. The first-order valence-electron chi connectivity index (χ1n) is 7.84. The number of hydrogen-bond donors (Lipinski definition) is 3. The number of aryl methyl sites for hydroxylation is 1. The van der Waals surface area contributed by atoms with E-state index in [1.165, 1.54) is 22.0 Å². The molecule has 0 radical (unpaired) electrons. The van der Waals surface area contributed by atoms with Crippen molar-refractivity contribution in [2.24, 2.45) is 4.99 Å². The second-order valence-corrected chi connectivity index (χ2v) is 5.18. The molecule has 0 amide bonds. The molecule has 0 unspecified atom stereocenters. The van der Waals surface area contributed by atoms with Crippen molar-refractivity contribution in [1.82, 2.24) is 15.6 Å². The van der Waals surface area contributed by atoms with Crippen molar-refractivity contribution in [3.8, 4) is 0 Å². The maximum Gasteiger partial charge on any atom is 0.191 e. The van der Waals surface area contributed by atoms with Crippen LogP contribution in [-0.2, 0) is 11.2 Å². The van der Waals surface area contributed by atoms with E-state index in [4.69, 9.17) is 4.74 Å². The van der Waals surface area contributed by atoms with E-state index in [1.807, 2.05) is 6.92 Å². The SMILES string of the molecule is CCOCCNC(=NC)NCCc1c[nH]c2cccc(C)c12. The molecular weight excluding hydrogens is 276 g/mol. The molecule has 1 aromatic carbocycles. The molecule has 0 aliphatic carbocycles. The fourth-order valence-corrected chi connectivity index (χ4v) is 2.57. The molecule has 22 heavy (non-hydrogen) atoms. The molecule has 120 valence electrons. The van der Waals surface area contributed by atoms with E-state index in [9.17, 15) is 0 Å². The van der Waals surface area contributed by atoms with Crippen molar-refractivity contribution in [3.05, 3.63) is 35.5 Å². The second kappa shape index (κ2) is 8.44. The van der Waals surface area contributed by atoms with Crippen molar-refractivity contribution in [1.29, 1.82) is 0 Å². The monoisotopic (exact) mass is 302 g/mol. The van der Waals surface area contributed by atoms with Crippen LogP contribution >= 0.6 is 0 Å². The number of fused-ring (bicyclic) bond motifs is 1. The van der Waals surface area contributed by atoms with E-state index >= 15 is 0 Å². The average Bonchev–Trinajstić information content (AvgIpc) is 2.94. The molecule has 2 rings (SSSR count). The zero-order valence-corrected chi connectivity index (χ0v) is 13.7. The highest BCUT2D eigenvalue weighted by Gasteiger charge is 2.06. The predicted octanol–water partition coefficient (Wildman–Crippen LogP) is 2.22. The van der Waals surface area contributed by atoms with E-state index < -0.39 is 0 Å². The van der Waals surface area contributed by atoms with Crippen LogP contribution in [0.1, 0.15) is 18.1 Å². The Hall–Kier alpha value is -2.01. The third kappa shape index (κ3) is 4.24. The molecule has 0 aliphatic rings. The van der Waals surface area contributed by atoms with Gasteiger partial charge >= 0.3 is 0 Å². The van der Waals surface area contributed by atoms with Crippen LogP contribution in [0.2, 0.25) is 0 Å². The molecule has 0 saturated heterocycles. The lowest BCUT2D eigenvalue weighted by atomic mass is 10.1. The Bertz CT molecular complexity index is 618. The minimum Gasteiger partial charge on any atom is -0.380 e. The van der Waals surface area contributed by atoms with Crippen molar-refractivity contribution in [2.75, 3.05) is 33.4 Å². The van der Waals surface area contributed by atoms with Gasteiger partial charge in [0.1, 0.15) is 0 Å².